The monoisotopic (exact) mass is 377 g/mol. The highest BCUT2D eigenvalue weighted by molar-refractivity contribution is 8.00. The molecule has 9 heteroatoms. The number of rotatable bonds is 6. The quantitative estimate of drug-likeness (QED) is 0.588. The molecular formula is C17H20FN5O2S. The number of carbonyl (C=O) groups excluding carboxylic acids is 1. The lowest BCUT2D eigenvalue weighted by molar-refractivity contribution is 0.143. The molecule has 0 aromatic heterocycles. The van der Waals surface area contributed by atoms with Gasteiger partial charge in [0.1, 0.15) is 18.3 Å². The summed E-state index contributed by atoms with van der Waals surface area (Å²) < 4.78 is 20.1. The van der Waals surface area contributed by atoms with Gasteiger partial charge in [-0.05, 0) is 31.0 Å². The highest BCUT2D eigenvalue weighted by atomic mass is 32.2. The lowest BCUT2D eigenvalue weighted by Gasteiger charge is -2.25. The topological polar surface area (TPSA) is 81.0 Å². The van der Waals surface area contributed by atoms with Crippen LogP contribution < -0.4 is 15.1 Å². The van der Waals surface area contributed by atoms with Gasteiger partial charge in [-0.2, -0.15) is 0 Å². The predicted molar refractivity (Wildman–Crippen MR) is 101 cm³/mol. The number of benzene rings is 1. The number of cyclic esters (lactones) is 1. The first-order valence-corrected chi connectivity index (χ1v) is 9.64. The normalized spacial score (nSPS) is 27.4. The molecular weight excluding hydrogens is 357 g/mol. The van der Waals surface area contributed by atoms with E-state index in [0.29, 0.717) is 35.9 Å². The number of hydrogen-bond acceptors (Lipinski definition) is 5. The minimum absolute atomic E-state index is 0.297. The average Bonchev–Trinajstić information content (AvgIpc) is 3.33. The molecule has 0 saturated carbocycles. The van der Waals surface area contributed by atoms with E-state index in [9.17, 15) is 9.18 Å². The Morgan fingerprint density at radius 1 is 1.46 bits per heavy atom. The summed E-state index contributed by atoms with van der Waals surface area (Å²) in [5.74, 6) is 0.759. The first-order valence-electron chi connectivity index (χ1n) is 8.59. The number of amides is 1. The van der Waals surface area contributed by atoms with Crippen LogP contribution in [0.25, 0.3) is 0 Å². The van der Waals surface area contributed by atoms with Gasteiger partial charge in [0.15, 0.2) is 0 Å². The molecule has 3 atom stereocenters. The molecule has 138 valence electrons. The molecule has 2 bridgehead atoms. The van der Waals surface area contributed by atoms with Crippen molar-refractivity contribution in [2.75, 3.05) is 28.6 Å². The van der Waals surface area contributed by atoms with Crippen LogP contribution in [0.1, 0.15) is 12.8 Å². The fourth-order valence-corrected chi connectivity index (χ4v) is 5.26. The number of thioether (sulfide) groups is 1. The molecule has 2 unspecified atom stereocenters. The lowest BCUT2D eigenvalue weighted by atomic mass is 10.2. The van der Waals surface area contributed by atoms with Gasteiger partial charge in [0.2, 0.25) is 0 Å². The van der Waals surface area contributed by atoms with E-state index >= 15 is 0 Å². The Labute approximate surface area is 155 Å². The van der Waals surface area contributed by atoms with Crippen molar-refractivity contribution >= 4 is 41.9 Å². The number of hydrogen-bond donors (Lipinski definition) is 2. The van der Waals surface area contributed by atoms with E-state index in [1.54, 1.807) is 12.1 Å². The van der Waals surface area contributed by atoms with Crippen molar-refractivity contribution in [1.29, 1.82) is 5.41 Å². The maximum atomic E-state index is 14.8. The molecule has 1 aromatic carbocycles. The molecule has 3 saturated heterocycles. The standard InChI is InChI=1S/C17H20FN5O2S/c18-14-5-11(1-3-15(14)23-12-2-4-16(23)26-8-12)22-7-13(25-17(22)24)6-20-10-21-9-19/h1,3,5,9-10,12-13,16H,2,4,6-8H2,(H2,19,20,21)/t12?,13-,16?/m0/s1. The molecule has 0 spiro atoms. The maximum Gasteiger partial charge on any atom is 0.414 e. The summed E-state index contributed by atoms with van der Waals surface area (Å²) in [5.41, 5.74) is 1.13. The molecule has 26 heavy (non-hydrogen) atoms. The van der Waals surface area contributed by atoms with Crippen molar-refractivity contribution < 1.29 is 13.9 Å². The van der Waals surface area contributed by atoms with Crippen molar-refractivity contribution in [2.45, 2.75) is 30.4 Å². The van der Waals surface area contributed by atoms with Crippen LogP contribution in [-0.4, -0.2) is 55.1 Å². The lowest BCUT2D eigenvalue weighted by Crippen LogP contribution is -2.31. The minimum Gasteiger partial charge on any atom is -0.442 e. The van der Waals surface area contributed by atoms with Gasteiger partial charge in [-0.25, -0.2) is 14.2 Å². The highest BCUT2D eigenvalue weighted by Crippen LogP contribution is 2.45. The summed E-state index contributed by atoms with van der Waals surface area (Å²) in [7, 11) is 0. The third-order valence-corrected chi connectivity index (χ3v) is 6.34. The molecule has 7 nitrogen and oxygen atoms in total. The number of carbonyl (C=O) groups is 1. The number of halogens is 1. The first kappa shape index (κ1) is 17.1. The average molecular weight is 377 g/mol. The van der Waals surface area contributed by atoms with Crippen molar-refractivity contribution in [3.8, 4) is 0 Å². The van der Waals surface area contributed by atoms with Crippen molar-refractivity contribution in [3.05, 3.63) is 24.0 Å². The Balaban J connectivity index is 1.45. The second-order valence-corrected chi connectivity index (χ2v) is 7.70. The largest absolute Gasteiger partial charge is 0.442 e. The second kappa shape index (κ2) is 7.14. The zero-order valence-corrected chi connectivity index (χ0v) is 14.9. The fourth-order valence-electron chi connectivity index (χ4n) is 3.74. The molecule has 0 aliphatic carbocycles. The Hall–Kier alpha value is -2.29. The van der Waals surface area contributed by atoms with Crippen LogP contribution in [0.5, 0.6) is 0 Å². The van der Waals surface area contributed by atoms with E-state index < -0.39 is 6.09 Å². The zero-order chi connectivity index (χ0) is 18.1. The van der Waals surface area contributed by atoms with Gasteiger partial charge >= 0.3 is 6.09 Å². The first-order chi connectivity index (χ1) is 12.7. The number of fused-ring (bicyclic) bond motifs is 2. The smallest absolute Gasteiger partial charge is 0.414 e. The SMILES string of the molecule is N=C/N=C\NC[C@H]1CN(c2ccc(N3C4CCC3SC4)c(F)c2)C(=O)O1. The van der Waals surface area contributed by atoms with Crippen molar-refractivity contribution in [2.24, 2.45) is 4.99 Å². The third-order valence-electron chi connectivity index (χ3n) is 4.91. The maximum absolute atomic E-state index is 14.8. The van der Waals surface area contributed by atoms with Gasteiger partial charge in [0, 0.05) is 11.8 Å². The zero-order valence-electron chi connectivity index (χ0n) is 14.1. The molecule has 3 aliphatic rings. The fraction of sp³-hybridized carbons (Fsp3) is 0.471. The Bertz CT molecular complexity index is 726. The van der Waals surface area contributed by atoms with Crippen molar-refractivity contribution in [3.63, 3.8) is 0 Å². The number of anilines is 2. The van der Waals surface area contributed by atoms with E-state index in [1.807, 2.05) is 11.8 Å². The van der Waals surface area contributed by atoms with Crippen LogP contribution in [0.2, 0.25) is 0 Å². The van der Waals surface area contributed by atoms with Crippen LogP contribution in [0.4, 0.5) is 20.6 Å². The predicted octanol–water partition coefficient (Wildman–Crippen LogP) is 2.42. The van der Waals surface area contributed by atoms with Crippen LogP contribution in [0.3, 0.4) is 0 Å². The van der Waals surface area contributed by atoms with Crippen molar-refractivity contribution in [1.82, 2.24) is 5.32 Å². The van der Waals surface area contributed by atoms with E-state index in [1.165, 1.54) is 17.3 Å². The number of nitrogens with zero attached hydrogens (tertiary/aromatic N) is 3. The third kappa shape index (κ3) is 3.11. The highest BCUT2D eigenvalue weighted by Gasteiger charge is 2.41. The number of nitrogens with one attached hydrogen (secondary N) is 2. The van der Waals surface area contributed by atoms with E-state index in [4.69, 9.17) is 10.1 Å². The Kier molecular flexibility index (Phi) is 4.71. The van der Waals surface area contributed by atoms with E-state index in [0.717, 1.165) is 24.9 Å². The molecule has 3 fully saturated rings. The molecule has 0 radical (unpaired) electrons. The van der Waals surface area contributed by atoms with Crippen LogP contribution in [0, 0.1) is 11.2 Å². The van der Waals surface area contributed by atoms with Gasteiger partial charge in [0.25, 0.3) is 0 Å². The summed E-state index contributed by atoms with van der Waals surface area (Å²) in [5, 5.41) is 10.0. The van der Waals surface area contributed by atoms with E-state index in [2.05, 4.69) is 15.2 Å². The molecule has 3 aliphatic heterocycles. The van der Waals surface area contributed by atoms with Gasteiger partial charge in [-0.1, -0.05) is 0 Å². The molecule has 1 aromatic rings. The summed E-state index contributed by atoms with van der Waals surface area (Å²) in [6.45, 7) is 0.725. The van der Waals surface area contributed by atoms with Gasteiger partial charge < -0.3 is 15.0 Å². The molecule has 1 amide bonds. The molecule has 2 N–H and O–H groups in total. The van der Waals surface area contributed by atoms with Gasteiger partial charge in [0.05, 0.1) is 36.2 Å². The number of aliphatic imine (C=N–C) groups is 1. The van der Waals surface area contributed by atoms with Gasteiger partial charge in [-0.3, -0.25) is 10.3 Å². The van der Waals surface area contributed by atoms with Gasteiger partial charge in [-0.15, -0.1) is 11.8 Å². The molecule has 3 heterocycles. The van der Waals surface area contributed by atoms with E-state index in [-0.39, 0.29) is 11.9 Å². The summed E-state index contributed by atoms with van der Waals surface area (Å²) in [6, 6.07) is 5.40. The minimum atomic E-state index is -0.482. The number of ether oxygens (including phenoxy) is 1. The summed E-state index contributed by atoms with van der Waals surface area (Å²) in [6.07, 6.45) is 3.67. The molecule has 4 rings (SSSR count). The summed E-state index contributed by atoms with van der Waals surface area (Å²) in [4.78, 5) is 19.3. The summed E-state index contributed by atoms with van der Waals surface area (Å²) >= 11 is 1.89. The Morgan fingerprint density at radius 2 is 2.35 bits per heavy atom. The van der Waals surface area contributed by atoms with Crippen LogP contribution in [-0.2, 0) is 4.74 Å². The van der Waals surface area contributed by atoms with Crippen LogP contribution >= 0.6 is 11.8 Å². The Morgan fingerprint density at radius 3 is 3.00 bits per heavy atom. The van der Waals surface area contributed by atoms with Crippen LogP contribution in [0.15, 0.2) is 23.2 Å². The second-order valence-electron chi connectivity index (χ2n) is 6.49.